The Balaban J connectivity index is 1.70. The summed E-state index contributed by atoms with van der Waals surface area (Å²) in [5, 5.41) is 0. The number of likely N-dealkylation sites (tertiary alicyclic amines) is 1. The first-order chi connectivity index (χ1) is 13.0. The third-order valence-electron chi connectivity index (χ3n) is 5.24. The van der Waals surface area contributed by atoms with Gasteiger partial charge in [0.25, 0.3) is 0 Å². The Morgan fingerprint density at radius 1 is 1.04 bits per heavy atom. The van der Waals surface area contributed by atoms with Crippen molar-refractivity contribution in [3.63, 3.8) is 0 Å². The molecule has 0 unspecified atom stereocenters. The van der Waals surface area contributed by atoms with Crippen LogP contribution in [0.5, 0.6) is 0 Å². The van der Waals surface area contributed by atoms with Gasteiger partial charge < -0.3 is 4.74 Å². The number of esters is 1. The van der Waals surface area contributed by atoms with Crippen LogP contribution in [0.15, 0.2) is 48.5 Å². The molecule has 2 aromatic carbocycles. The van der Waals surface area contributed by atoms with Gasteiger partial charge in [0.1, 0.15) is 11.6 Å². The number of nitrogens with zero attached hydrogens (tertiary/aromatic N) is 1. The van der Waals surface area contributed by atoms with Crippen molar-refractivity contribution in [2.45, 2.75) is 32.7 Å². The number of benzene rings is 2. The summed E-state index contributed by atoms with van der Waals surface area (Å²) in [6.45, 7) is 4.02. The van der Waals surface area contributed by atoms with Gasteiger partial charge in [-0.25, -0.2) is 8.78 Å². The van der Waals surface area contributed by atoms with E-state index in [9.17, 15) is 13.6 Å². The molecule has 27 heavy (non-hydrogen) atoms. The maximum absolute atomic E-state index is 13.4. The van der Waals surface area contributed by atoms with E-state index in [1.807, 2.05) is 37.3 Å². The molecule has 0 N–H and O–H groups in total. The summed E-state index contributed by atoms with van der Waals surface area (Å²) in [6.07, 6.45) is 1.98. The van der Waals surface area contributed by atoms with Crippen molar-refractivity contribution >= 4 is 5.97 Å². The van der Waals surface area contributed by atoms with Gasteiger partial charge in [-0.1, -0.05) is 30.3 Å². The Hall–Kier alpha value is -2.27. The summed E-state index contributed by atoms with van der Waals surface area (Å²) < 4.78 is 32.2. The summed E-state index contributed by atoms with van der Waals surface area (Å²) in [7, 11) is 0. The molecule has 1 fully saturated rings. The minimum absolute atomic E-state index is 0.148. The zero-order valence-corrected chi connectivity index (χ0v) is 15.6. The second kappa shape index (κ2) is 8.61. The van der Waals surface area contributed by atoms with Crippen molar-refractivity contribution in [1.82, 2.24) is 4.90 Å². The van der Waals surface area contributed by atoms with Gasteiger partial charge >= 0.3 is 5.97 Å². The molecule has 0 saturated carbocycles. The Labute approximate surface area is 158 Å². The molecule has 144 valence electrons. The maximum Gasteiger partial charge on any atom is 0.312 e. The van der Waals surface area contributed by atoms with Crippen molar-refractivity contribution in [3.8, 4) is 0 Å². The van der Waals surface area contributed by atoms with Gasteiger partial charge in [-0.05, 0) is 62.5 Å². The van der Waals surface area contributed by atoms with Gasteiger partial charge in [-0.3, -0.25) is 9.69 Å². The normalized spacial score (nSPS) is 16.9. The first-order valence-electron chi connectivity index (χ1n) is 9.39. The standard InChI is InChI=1S/C22H25F2NO2/c1-2-27-21(26)22(15-17-6-4-3-5-7-17)8-10-25(11-9-22)16-18-12-19(23)14-20(24)13-18/h3-7,12-14H,2,8-11,15-16H2,1H3. The topological polar surface area (TPSA) is 29.5 Å². The highest BCUT2D eigenvalue weighted by Gasteiger charge is 2.42. The molecule has 3 nitrogen and oxygen atoms in total. The summed E-state index contributed by atoms with van der Waals surface area (Å²) in [4.78, 5) is 14.9. The van der Waals surface area contributed by atoms with E-state index in [1.165, 1.54) is 12.1 Å². The van der Waals surface area contributed by atoms with Crippen LogP contribution in [0.4, 0.5) is 8.78 Å². The molecule has 0 radical (unpaired) electrons. The molecule has 1 aliphatic heterocycles. The average Bonchev–Trinajstić information content (AvgIpc) is 2.64. The van der Waals surface area contributed by atoms with Crippen LogP contribution in [-0.2, 0) is 22.5 Å². The molecule has 0 bridgehead atoms. The molecule has 0 spiro atoms. The van der Waals surface area contributed by atoms with Crippen LogP contribution in [0.1, 0.15) is 30.9 Å². The van der Waals surface area contributed by atoms with Gasteiger partial charge in [0.15, 0.2) is 0 Å². The van der Waals surface area contributed by atoms with E-state index in [2.05, 4.69) is 4.90 Å². The maximum atomic E-state index is 13.4. The molecule has 1 heterocycles. The van der Waals surface area contributed by atoms with E-state index in [4.69, 9.17) is 4.74 Å². The number of piperidine rings is 1. The number of ether oxygens (including phenoxy) is 1. The number of carbonyl (C=O) groups excluding carboxylic acids is 1. The van der Waals surface area contributed by atoms with Crippen LogP contribution in [0.2, 0.25) is 0 Å². The fourth-order valence-corrected chi connectivity index (χ4v) is 3.82. The van der Waals surface area contributed by atoms with Crippen molar-refractivity contribution in [2.24, 2.45) is 5.41 Å². The average molecular weight is 373 g/mol. The zero-order valence-electron chi connectivity index (χ0n) is 15.6. The van der Waals surface area contributed by atoms with Gasteiger partial charge in [0.2, 0.25) is 0 Å². The van der Waals surface area contributed by atoms with Crippen molar-refractivity contribution in [2.75, 3.05) is 19.7 Å². The first-order valence-corrected chi connectivity index (χ1v) is 9.39. The SMILES string of the molecule is CCOC(=O)C1(Cc2ccccc2)CCN(Cc2cc(F)cc(F)c2)CC1. The lowest BCUT2D eigenvalue weighted by atomic mass is 9.73. The lowest BCUT2D eigenvalue weighted by molar-refractivity contribution is -0.158. The lowest BCUT2D eigenvalue weighted by Crippen LogP contribution is -2.46. The quantitative estimate of drug-likeness (QED) is 0.705. The van der Waals surface area contributed by atoms with Gasteiger partial charge in [-0.2, -0.15) is 0 Å². The predicted molar refractivity (Wildman–Crippen MR) is 100 cm³/mol. The van der Waals surface area contributed by atoms with Crippen LogP contribution in [0.25, 0.3) is 0 Å². The highest BCUT2D eigenvalue weighted by atomic mass is 19.1. The van der Waals surface area contributed by atoms with Crippen LogP contribution in [-0.4, -0.2) is 30.6 Å². The van der Waals surface area contributed by atoms with E-state index >= 15 is 0 Å². The van der Waals surface area contributed by atoms with Crippen LogP contribution in [0, 0.1) is 17.0 Å². The Morgan fingerprint density at radius 2 is 1.67 bits per heavy atom. The van der Waals surface area contributed by atoms with E-state index in [0.717, 1.165) is 11.6 Å². The molecule has 3 rings (SSSR count). The monoisotopic (exact) mass is 373 g/mol. The van der Waals surface area contributed by atoms with E-state index < -0.39 is 17.0 Å². The van der Waals surface area contributed by atoms with Gasteiger partial charge in [0, 0.05) is 12.6 Å². The second-order valence-corrected chi connectivity index (χ2v) is 7.22. The van der Waals surface area contributed by atoms with E-state index in [-0.39, 0.29) is 5.97 Å². The molecule has 5 heteroatoms. The molecule has 0 aromatic heterocycles. The summed E-state index contributed by atoms with van der Waals surface area (Å²) >= 11 is 0. The highest BCUT2D eigenvalue weighted by Crippen LogP contribution is 2.37. The largest absolute Gasteiger partial charge is 0.466 e. The first kappa shape index (κ1) is 19.5. The fourth-order valence-electron chi connectivity index (χ4n) is 3.82. The van der Waals surface area contributed by atoms with Crippen LogP contribution in [0.3, 0.4) is 0 Å². The Morgan fingerprint density at radius 3 is 2.26 bits per heavy atom. The third kappa shape index (κ3) is 4.92. The molecule has 0 aliphatic carbocycles. The molecule has 1 saturated heterocycles. The molecular formula is C22H25F2NO2. The van der Waals surface area contributed by atoms with E-state index in [0.29, 0.717) is 51.1 Å². The molecule has 2 aromatic rings. The summed E-state index contributed by atoms with van der Waals surface area (Å²) in [5.74, 6) is -1.27. The van der Waals surface area contributed by atoms with Gasteiger partial charge in [0.05, 0.1) is 12.0 Å². The zero-order chi connectivity index (χ0) is 19.3. The molecule has 0 amide bonds. The minimum Gasteiger partial charge on any atom is -0.466 e. The highest BCUT2D eigenvalue weighted by molar-refractivity contribution is 5.77. The molecular weight excluding hydrogens is 348 g/mol. The molecule has 0 atom stereocenters. The Bertz CT molecular complexity index is 751. The second-order valence-electron chi connectivity index (χ2n) is 7.22. The Kier molecular flexibility index (Phi) is 6.22. The third-order valence-corrected chi connectivity index (χ3v) is 5.24. The number of carbonyl (C=O) groups is 1. The van der Waals surface area contributed by atoms with Gasteiger partial charge in [-0.15, -0.1) is 0 Å². The number of rotatable bonds is 6. The van der Waals surface area contributed by atoms with E-state index in [1.54, 1.807) is 0 Å². The minimum atomic E-state index is -0.563. The van der Waals surface area contributed by atoms with Crippen molar-refractivity contribution in [1.29, 1.82) is 0 Å². The number of halogens is 2. The summed E-state index contributed by atoms with van der Waals surface area (Å²) in [5.41, 5.74) is 1.19. The fraction of sp³-hybridized carbons (Fsp3) is 0.409. The molecule has 1 aliphatic rings. The smallest absolute Gasteiger partial charge is 0.312 e. The lowest BCUT2D eigenvalue weighted by Gasteiger charge is -2.40. The summed E-state index contributed by atoms with van der Waals surface area (Å²) in [6, 6.07) is 13.6. The van der Waals surface area contributed by atoms with Crippen molar-refractivity contribution < 1.29 is 18.3 Å². The van der Waals surface area contributed by atoms with Crippen molar-refractivity contribution in [3.05, 3.63) is 71.3 Å². The number of hydrogen-bond donors (Lipinski definition) is 0. The van der Waals surface area contributed by atoms with Crippen LogP contribution >= 0.6 is 0 Å². The predicted octanol–water partition coefficient (Wildman–Crippen LogP) is 4.35. The number of hydrogen-bond acceptors (Lipinski definition) is 3. The van der Waals surface area contributed by atoms with Crippen LogP contribution < -0.4 is 0 Å².